The van der Waals surface area contributed by atoms with Crippen LogP contribution < -0.4 is 11.6 Å². The lowest BCUT2D eigenvalue weighted by molar-refractivity contribution is 0.510. The van der Waals surface area contributed by atoms with Crippen molar-refractivity contribution in [2.45, 2.75) is 12.8 Å². The molecular weight excluding hydrogens is 212 g/mol. The fourth-order valence-corrected chi connectivity index (χ4v) is 1.62. The van der Waals surface area contributed by atoms with Gasteiger partial charge in [-0.1, -0.05) is 24.3 Å². The van der Waals surface area contributed by atoms with Crippen molar-refractivity contribution in [3.8, 4) is 6.07 Å². The number of rotatable bonds is 5. The quantitative estimate of drug-likeness (QED) is 0.589. The summed E-state index contributed by atoms with van der Waals surface area (Å²) in [4.78, 5) is 0. The van der Waals surface area contributed by atoms with E-state index >= 15 is 0 Å². The van der Waals surface area contributed by atoms with Crippen molar-refractivity contribution in [2.24, 2.45) is 11.6 Å². The number of benzene rings is 1. The van der Waals surface area contributed by atoms with Gasteiger partial charge in [-0.15, -0.1) is 0 Å². The third kappa shape index (κ3) is 3.91. The van der Waals surface area contributed by atoms with Crippen LogP contribution in [0.4, 0.5) is 0 Å². The zero-order valence-electron chi connectivity index (χ0n) is 10.1. The second-order valence-corrected chi connectivity index (χ2v) is 3.80. The van der Waals surface area contributed by atoms with Gasteiger partial charge in [0.05, 0.1) is 18.2 Å². The van der Waals surface area contributed by atoms with Gasteiger partial charge >= 0.3 is 0 Å². The van der Waals surface area contributed by atoms with Crippen LogP contribution in [-0.4, -0.2) is 18.6 Å². The third-order valence-corrected chi connectivity index (χ3v) is 2.45. The molecule has 4 nitrogen and oxygen atoms in total. The zero-order chi connectivity index (χ0) is 12.7. The molecule has 0 saturated carbocycles. The van der Waals surface area contributed by atoms with Gasteiger partial charge in [0.15, 0.2) is 0 Å². The van der Waals surface area contributed by atoms with E-state index in [4.69, 9.17) is 16.8 Å². The number of hydrogen-bond acceptors (Lipinski definition) is 4. The first kappa shape index (κ1) is 13.2. The van der Waals surface area contributed by atoms with Crippen molar-refractivity contribution in [1.29, 1.82) is 5.26 Å². The van der Waals surface area contributed by atoms with E-state index < -0.39 is 0 Å². The van der Waals surface area contributed by atoms with Crippen molar-refractivity contribution >= 4 is 5.70 Å². The SMILES string of the molecule is CN(N)/C(=C\CC#N)c1ccc(CCN)cc1. The molecule has 0 aliphatic carbocycles. The van der Waals surface area contributed by atoms with Crippen LogP contribution in [0.2, 0.25) is 0 Å². The number of allylic oxidation sites excluding steroid dienone is 1. The monoisotopic (exact) mass is 230 g/mol. The minimum absolute atomic E-state index is 0.349. The first-order valence-corrected chi connectivity index (χ1v) is 5.54. The first-order chi connectivity index (χ1) is 8.19. The normalized spacial score (nSPS) is 11.1. The van der Waals surface area contributed by atoms with Crippen LogP contribution in [0.3, 0.4) is 0 Å². The van der Waals surface area contributed by atoms with Gasteiger partial charge in [-0.05, 0) is 30.2 Å². The van der Waals surface area contributed by atoms with Crippen LogP contribution >= 0.6 is 0 Å². The summed E-state index contributed by atoms with van der Waals surface area (Å²) in [5.41, 5.74) is 8.56. The second kappa shape index (κ2) is 6.69. The van der Waals surface area contributed by atoms with Crippen molar-refractivity contribution in [3.63, 3.8) is 0 Å². The van der Waals surface area contributed by atoms with Gasteiger partial charge < -0.3 is 10.7 Å². The smallest absolute Gasteiger partial charge is 0.0664 e. The zero-order valence-corrected chi connectivity index (χ0v) is 10.1. The Kier molecular flexibility index (Phi) is 5.21. The lowest BCUT2D eigenvalue weighted by Crippen LogP contribution is -2.24. The summed E-state index contributed by atoms with van der Waals surface area (Å²) in [6.07, 6.45) is 3.04. The molecule has 0 bridgehead atoms. The Morgan fingerprint density at radius 3 is 2.53 bits per heavy atom. The molecule has 1 rings (SSSR count). The van der Waals surface area contributed by atoms with Gasteiger partial charge in [-0.2, -0.15) is 5.26 Å². The molecule has 0 aromatic heterocycles. The maximum atomic E-state index is 8.59. The highest BCUT2D eigenvalue weighted by Crippen LogP contribution is 2.17. The van der Waals surface area contributed by atoms with Gasteiger partial charge in [-0.3, -0.25) is 0 Å². The largest absolute Gasteiger partial charge is 0.330 e. The molecule has 4 N–H and O–H groups in total. The highest BCUT2D eigenvalue weighted by molar-refractivity contribution is 5.63. The Morgan fingerprint density at radius 2 is 2.06 bits per heavy atom. The van der Waals surface area contributed by atoms with E-state index in [0.717, 1.165) is 17.7 Å². The Balaban J connectivity index is 2.92. The molecule has 0 amide bonds. The van der Waals surface area contributed by atoms with E-state index in [1.807, 2.05) is 30.3 Å². The average molecular weight is 230 g/mol. The summed E-state index contributed by atoms with van der Waals surface area (Å²) in [5, 5.41) is 10.1. The Morgan fingerprint density at radius 1 is 1.41 bits per heavy atom. The molecule has 0 fully saturated rings. The predicted octanol–water partition coefficient (Wildman–Crippen LogP) is 1.25. The summed E-state index contributed by atoms with van der Waals surface area (Å²) in [5.74, 6) is 5.74. The Labute approximate surface area is 102 Å². The average Bonchev–Trinajstić information content (AvgIpc) is 2.31. The van der Waals surface area contributed by atoms with Crippen molar-refractivity contribution in [2.75, 3.05) is 13.6 Å². The highest BCUT2D eigenvalue weighted by Gasteiger charge is 2.04. The maximum absolute atomic E-state index is 8.59. The standard InChI is InChI=1S/C13H18N4/c1-17(16)13(3-2-9-14)12-6-4-11(5-7-12)8-10-15/h3-7H,2,8,10,15-16H2,1H3/b13-3-. The van der Waals surface area contributed by atoms with Crippen LogP contribution in [-0.2, 0) is 6.42 Å². The summed E-state index contributed by atoms with van der Waals surface area (Å²) in [7, 11) is 1.76. The summed E-state index contributed by atoms with van der Waals surface area (Å²) in [6, 6.07) is 10.1. The van der Waals surface area contributed by atoms with Gasteiger partial charge in [0.2, 0.25) is 0 Å². The fraction of sp³-hybridized carbons (Fsp3) is 0.308. The number of hydrogen-bond donors (Lipinski definition) is 2. The van der Waals surface area contributed by atoms with Crippen molar-refractivity contribution in [1.82, 2.24) is 5.01 Å². The lowest BCUT2D eigenvalue weighted by atomic mass is 10.1. The summed E-state index contributed by atoms with van der Waals surface area (Å²) >= 11 is 0. The number of nitriles is 1. The molecular formula is C13H18N4. The summed E-state index contributed by atoms with van der Waals surface area (Å²) in [6.45, 7) is 0.646. The second-order valence-electron chi connectivity index (χ2n) is 3.80. The van der Waals surface area contributed by atoms with E-state index in [0.29, 0.717) is 13.0 Å². The Hall–Kier alpha value is -1.83. The van der Waals surface area contributed by atoms with Gasteiger partial charge in [0.1, 0.15) is 0 Å². The summed E-state index contributed by atoms with van der Waals surface area (Å²) < 4.78 is 0. The molecule has 90 valence electrons. The first-order valence-electron chi connectivity index (χ1n) is 5.54. The van der Waals surface area contributed by atoms with Gasteiger partial charge in [0.25, 0.3) is 0 Å². The van der Waals surface area contributed by atoms with E-state index in [9.17, 15) is 0 Å². The fourth-order valence-electron chi connectivity index (χ4n) is 1.62. The molecule has 0 atom stereocenters. The number of nitrogens with zero attached hydrogens (tertiary/aromatic N) is 2. The van der Waals surface area contributed by atoms with E-state index in [-0.39, 0.29) is 0 Å². The molecule has 1 aromatic rings. The highest BCUT2D eigenvalue weighted by atomic mass is 15.4. The minimum Gasteiger partial charge on any atom is -0.330 e. The van der Waals surface area contributed by atoms with E-state index in [1.165, 1.54) is 10.6 Å². The van der Waals surface area contributed by atoms with E-state index in [1.54, 1.807) is 7.05 Å². The predicted molar refractivity (Wildman–Crippen MR) is 69.4 cm³/mol. The third-order valence-electron chi connectivity index (χ3n) is 2.45. The number of nitrogens with two attached hydrogens (primary N) is 2. The van der Waals surface area contributed by atoms with Crippen LogP contribution in [0, 0.1) is 11.3 Å². The van der Waals surface area contributed by atoms with Crippen LogP contribution in [0.1, 0.15) is 17.5 Å². The molecule has 0 radical (unpaired) electrons. The molecule has 0 aliphatic heterocycles. The maximum Gasteiger partial charge on any atom is 0.0664 e. The van der Waals surface area contributed by atoms with E-state index in [2.05, 4.69) is 6.07 Å². The molecule has 17 heavy (non-hydrogen) atoms. The minimum atomic E-state index is 0.349. The topological polar surface area (TPSA) is 79.1 Å². The molecule has 1 aromatic carbocycles. The van der Waals surface area contributed by atoms with Crippen molar-refractivity contribution < 1.29 is 0 Å². The van der Waals surface area contributed by atoms with Crippen LogP contribution in [0.15, 0.2) is 30.3 Å². The van der Waals surface area contributed by atoms with Gasteiger partial charge in [-0.25, -0.2) is 5.84 Å². The Bertz CT molecular complexity index is 412. The molecule has 4 heteroatoms. The molecule has 0 aliphatic rings. The van der Waals surface area contributed by atoms with Crippen molar-refractivity contribution in [3.05, 3.63) is 41.5 Å². The van der Waals surface area contributed by atoms with Gasteiger partial charge in [0, 0.05) is 7.05 Å². The molecule has 0 saturated heterocycles. The van der Waals surface area contributed by atoms with Crippen LogP contribution in [0.25, 0.3) is 5.70 Å². The molecule has 0 heterocycles. The molecule has 0 unspecified atom stereocenters. The molecule has 0 spiro atoms. The number of hydrazine groups is 1. The van der Waals surface area contributed by atoms with Crippen LogP contribution in [0.5, 0.6) is 0 Å². The lowest BCUT2D eigenvalue weighted by Gasteiger charge is -2.17.